The molecule has 0 unspecified atom stereocenters. The summed E-state index contributed by atoms with van der Waals surface area (Å²) < 4.78 is 5.83. The van der Waals surface area contributed by atoms with Crippen LogP contribution in [-0.2, 0) is 0 Å². The van der Waals surface area contributed by atoms with Gasteiger partial charge in [0.2, 0.25) is 0 Å². The molecule has 0 aliphatic carbocycles. The Balaban J connectivity index is 1.99. The van der Waals surface area contributed by atoms with Gasteiger partial charge in [-0.1, -0.05) is 37.1 Å². The van der Waals surface area contributed by atoms with E-state index in [1.165, 1.54) is 0 Å². The summed E-state index contributed by atoms with van der Waals surface area (Å²) in [5.41, 5.74) is 2.91. The highest BCUT2D eigenvalue weighted by molar-refractivity contribution is 6.30. The Morgan fingerprint density at radius 1 is 1.32 bits per heavy atom. The van der Waals surface area contributed by atoms with Crippen LogP contribution in [0.1, 0.15) is 31.2 Å². The predicted molar refractivity (Wildman–Crippen MR) is 101 cm³/mol. The summed E-state index contributed by atoms with van der Waals surface area (Å²) in [6, 6.07) is 15.3. The Labute approximate surface area is 151 Å². The number of fused-ring (bicyclic) bond motifs is 1. The molecule has 4 nitrogen and oxygen atoms in total. The van der Waals surface area contributed by atoms with Gasteiger partial charge in [-0.15, -0.1) is 0 Å². The number of nitrogens with one attached hydrogen (secondary N) is 1. The van der Waals surface area contributed by atoms with Gasteiger partial charge in [-0.2, -0.15) is 5.26 Å². The van der Waals surface area contributed by atoms with Gasteiger partial charge < -0.3 is 9.72 Å². The van der Waals surface area contributed by atoms with Crippen molar-refractivity contribution in [1.29, 1.82) is 5.26 Å². The molecule has 1 heterocycles. The first-order valence-electron chi connectivity index (χ1n) is 8.20. The van der Waals surface area contributed by atoms with Crippen LogP contribution in [0.3, 0.4) is 0 Å². The van der Waals surface area contributed by atoms with E-state index in [9.17, 15) is 5.26 Å². The van der Waals surface area contributed by atoms with E-state index in [-0.39, 0.29) is 0 Å². The molecule has 0 radical (unpaired) electrons. The molecule has 0 spiro atoms. The molecular weight excluding hydrogens is 334 g/mol. The second-order valence-electron chi connectivity index (χ2n) is 5.66. The number of H-pyrrole nitrogens is 1. The van der Waals surface area contributed by atoms with Crippen LogP contribution in [0.5, 0.6) is 5.75 Å². The molecule has 0 aliphatic rings. The first kappa shape index (κ1) is 17.1. The maximum atomic E-state index is 9.59. The van der Waals surface area contributed by atoms with E-state index in [1.54, 1.807) is 18.2 Å². The van der Waals surface area contributed by atoms with Crippen molar-refractivity contribution in [2.24, 2.45) is 0 Å². The number of hydrogen-bond donors (Lipinski definition) is 1. The topological polar surface area (TPSA) is 61.7 Å². The lowest BCUT2D eigenvalue weighted by Gasteiger charge is -2.09. The van der Waals surface area contributed by atoms with Crippen LogP contribution in [0.2, 0.25) is 5.02 Å². The van der Waals surface area contributed by atoms with E-state index in [0.717, 1.165) is 29.4 Å². The predicted octanol–water partition coefficient (Wildman–Crippen LogP) is 5.46. The lowest BCUT2D eigenvalue weighted by molar-refractivity contribution is 0.309. The van der Waals surface area contributed by atoms with E-state index in [0.29, 0.717) is 28.8 Å². The molecule has 3 aromatic rings. The third kappa shape index (κ3) is 4.01. The Morgan fingerprint density at radius 2 is 2.16 bits per heavy atom. The van der Waals surface area contributed by atoms with E-state index in [1.807, 2.05) is 30.3 Å². The van der Waals surface area contributed by atoms with Crippen molar-refractivity contribution in [3.05, 3.63) is 58.9 Å². The second kappa shape index (κ2) is 7.87. The third-order valence-electron chi connectivity index (χ3n) is 3.79. The molecule has 0 atom stereocenters. The van der Waals surface area contributed by atoms with Crippen molar-refractivity contribution in [2.45, 2.75) is 19.8 Å². The number of imidazole rings is 1. The first-order valence-corrected chi connectivity index (χ1v) is 8.58. The van der Waals surface area contributed by atoms with Crippen LogP contribution in [0.25, 0.3) is 22.7 Å². The monoisotopic (exact) mass is 351 g/mol. The van der Waals surface area contributed by atoms with Gasteiger partial charge in [0.15, 0.2) is 0 Å². The number of para-hydroxylation sites is 2. The highest BCUT2D eigenvalue weighted by Gasteiger charge is 2.10. The van der Waals surface area contributed by atoms with Gasteiger partial charge in [0.1, 0.15) is 17.6 Å². The summed E-state index contributed by atoms with van der Waals surface area (Å²) in [5.74, 6) is 1.24. The lowest BCUT2D eigenvalue weighted by Crippen LogP contribution is -1.98. The lowest BCUT2D eigenvalue weighted by atomic mass is 10.1. The minimum atomic E-state index is 0.429. The Hall–Kier alpha value is -2.77. The summed E-state index contributed by atoms with van der Waals surface area (Å²) in [5, 5.41) is 10.2. The van der Waals surface area contributed by atoms with E-state index in [2.05, 4.69) is 23.0 Å². The Bertz CT molecular complexity index is 920. The van der Waals surface area contributed by atoms with Crippen LogP contribution >= 0.6 is 11.6 Å². The SMILES string of the molecule is CCCCOc1ccc(Cl)cc1/C=C(\C#N)c1nc2ccccc2[nH]1. The standard InChI is InChI=1S/C20H18ClN3O/c1-2-3-10-25-19-9-8-16(21)12-14(19)11-15(13-22)20-23-17-6-4-5-7-18(17)24-20/h4-9,11-12H,2-3,10H2,1H3,(H,23,24)/b15-11+. The summed E-state index contributed by atoms with van der Waals surface area (Å²) in [4.78, 5) is 7.66. The number of benzene rings is 2. The molecule has 2 aromatic carbocycles. The highest BCUT2D eigenvalue weighted by Crippen LogP contribution is 2.28. The van der Waals surface area contributed by atoms with Crippen LogP contribution in [0.4, 0.5) is 0 Å². The largest absolute Gasteiger partial charge is 0.493 e. The zero-order valence-electron chi connectivity index (χ0n) is 13.9. The second-order valence-corrected chi connectivity index (χ2v) is 6.09. The van der Waals surface area contributed by atoms with Crippen molar-refractivity contribution in [1.82, 2.24) is 9.97 Å². The van der Waals surface area contributed by atoms with Gasteiger partial charge >= 0.3 is 0 Å². The smallest absolute Gasteiger partial charge is 0.149 e. The van der Waals surface area contributed by atoms with E-state index >= 15 is 0 Å². The number of nitrogens with zero attached hydrogens (tertiary/aromatic N) is 2. The summed E-state index contributed by atoms with van der Waals surface area (Å²) in [6.45, 7) is 2.74. The molecule has 25 heavy (non-hydrogen) atoms. The van der Waals surface area contributed by atoms with Crippen molar-refractivity contribution >= 4 is 34.3 Å². The first-order chi connectivity index (χ1) is 12.2. The van der Waals surface area contributed by atoms with Crippen LogP contribution < -0.4 is 4.74 Å². The number of halogens is 1. The quantitative estimate of drug-likeness (QED) is 0.473. The van der Waals surface area contributed by atoms with E-state index in [4.69, 9.17) is 16.3 Å². The summed E-state index contributed by atoms with van der Waals surface area (Å²) in [7, 11) is 0. The maximum Gasteiger partial charge on any atom is 0.149 e. The van der Waals surface area contributed by atoms with Crippen LogP contribution in [0.15, 0.2) is 42.5 Å². The third-order valence-corrected chi connectivity index (χ3v) is 4.03. The molecular formula is C20H18ClN3O. The summed E-state index contributed by atoms with van der Waals surface area (Å²) >= 11 is 6.12. The molecule has 1 N–H and O–H groups in total. The number of aromatic amines is 1. The van der Waals surface area contributed by atoms with Crippen molar-refractivity contribution in [3.8, 4) is 11.8 Å². The number of rotatable bonds is 6. The Morgan fingerprint density at radius 3 is 2.92 bits per heavy atom. The van der Waals surface area contributed by atoms with Crippen molar-refractivity contribution in [2.75, 3.05) is 6.61 Å². The van der Waals surface area contributed by atoms with Gasteiger partial charge in [-0.25, -0.2) is 4.98 Å². The molecule has 0 saturated heterocycles. The van der Waals surface area contributed by atoms with Crippen molar-refractivity contribution in [3.63, 3.8) is 0 Å². The number of nitriles is 1. The number of hydrogen-bond acceptors (Lipinski definition) is 3. The minimum Gasteiger partial charge on any atom is -0.493 e. The zero-order chi connectivity index (χ0) is 17.6. The van der Waals surface area contributed by atoms with Crippen molar-refractivity contribution < 1.29 is 4.74 Å². The molecule has 0 saturated carbocycles. The van der Waals surface area contributed by atoms with E-state index < -0.39 is 0 Å². The minimum absolute atomic E-state index is 0.429. The fraction of sp³-hybridized carbons (Fsp3) is 0.200. The zero-order valence-corrected chi connectivity index (χ0v) is 14.7. The summed E-state index contributed by atoms with van der Waals surface area (Å²) in [6.07, 6.45) is 3.78. The van der Waals surface area contributed by atoms with Gasteiger partial charge in [0.25, 0.3) is 0 Å². The number of allylic oxidation sites excluding steroid dienone is 1. The molecule has 1 aromatic heterocycles. The molecule has 0 aliphatic heterocycles. The highest BCUT2D eigenvalue weighted by atomic mass is 35.5. The van der Waals surface area contributed by atoms with Gasteiger partial charge in [-0.05, 0) is 42.8 Å². The molecule has 126 valence electrons. The molecule has 0 fully saturated rings. The number of unbranched alkanes of at least 4 members (excludes halogenated alkanes) is 1. The average molecular weight is 352 g/mol. The van der Waals surface area contributed by atoms with Crippen LogP contribution in [-0.4, -0.2) is 16.6 Å². The maximum absolute atomic E-state index is 9.59. The molecule has 5 heteroatoms. The average Bonchev–Trinajstić information content (AvgIpc) is 3.05. The molecule has 3 rings (SSSR count). The fourth-order valence-corrected chi connectivity index (χ4v) is 2.66. The fourth-order valence-electron chi connectivity index (χ4n) is 2.48. The molecule has 0 amide bonds. The van der Waals surface area contributed by atoms with Gasteiger partial charge in [0.05, 0.1) is 23.2 Å². The normalized spacial score (nSPS) is 11.5. The van der Waals surface area contributed by atoms with Crippen LogP contribution in [0, 0.1) is 11.3 Å². The van der Waals surface area contributed by atoms with Gasteiger partial charge in [0, 0.05) is 10.6 Å². The molecule has 0 bridgehead atoms. The van der Waals surface area contributed by atoms with Gasteiger partial charge in [-0.3, -0.25) is 0 Å². The number of aromatic nitrogens is 2. The Kier molecular flexibility index (Phi) is 5.37. The number of ether oxygens (including phenoxy) is 1.